The molecule has 0 N–H and O–H groups in total. The van der Waals surface area contributed by atoms with Crippen LogP contribution in [0.25, 0.3) is 28.1 Å². The molecule has 0 saturated carbocycles. The lowest BCUT2D eigenvalue weighted by Gasteiger charge is -2.44. The Kier molecular flexibility index (Phi) is 8.17. The van der Waals surface area contributed by atoms with Crippen molar-refractivity contribution in [2.24, 2.45) is 17.8 Å². The Bertz CT molecular complexity index is 2170. The topological polar surface area (TPSA) is 49.6 Å². The highest BCUT2D eigenvalue weighted by Gasteiger charge is 2.55. The Morgan fingerprint density at radius 2 is 1.43 bits per heavy atom. The van der Waals surface area contributed by atoms with E-state index in [0.29, 0.717) is 5.92 Å². The first kappa shape index (κ1) is 31.4. The summed E-state index contributed by atoms with van der Waals surface area (Å²) in [7, 11) is 0. The summed E-state index contributed by atoms with van der Waals surface area (Å²) in [5, 5.41) is 10.2. The summed E-state index contributed by atoms with van der Waals surface area (Å²) >= 11 is 0. The van der Waals surface area contributed by atoms with Crippen molar-refractivity contribution in [1.29, 1.82) is 5.26 Å². The molecule has 5 aliphatic rings. The van der Waals surface area contributed by atoms with Gasteiger partial charge < -0.3 is 0 Å². The van der Waals surface area contributed by atoms with E-state index in [-0.39, 0.29) is 23.2 Å². The second-order valence-electron chi connectivity index (χ2n) is 14.4. The Hall–Kier alpha value is -5.59. The summed E-state index contributed by atoms with van der Waals surface area (Å²) < 4.78 is 0. The zero-order valence-corrected chi connectivity index (χ0v) is 28.8. The summed E-state index contributed by atoms with van der Waals surface area (Å²) in [6.45, 7) is 0. The van der Waals surface area contributed by atoms with Gasteiger partial charge in [0.15, 0.2) is 0 Å². The van der Waals surface area contributed by atoms with Crippen LogP contribution in [-0.2, 0) is 5.41 Å². The van der Waals surface area contributed by atoms with Gasteiger partial charge in [0.1, 0.15) is 5.82 Å². The lowest BCUT2D eigenvalue weighted by atomic mass is 9.58. The van der Waals surface area contributed by atoms with Crippen molar-refractivity contribution < 1.29 is 0 Å². The largest absolute Gasteiger partial charge is 0.232 e. The zero-order chi connectivity index (χ0) is 34.2. The molecule has 0 spiro atoms. The third kappa shape index (κ3) is 5.33. The molecule has 3 aromatic carbocycles. The van der Waals surface area contributed by atoms with Crippen LogP contribution in [-0.4, -0.2) is 9.97 Å². The van der Waals surface area contributed by atoms with E-state index in [1.165, 1.54) is 27.9 Å². The maximum atomic E-state index is 10.2. The monoisotopic (exact) mass is 659 g/mol. The number of hydrogen-bond donors (Lipinski definition) is 0. The second-order valence-corrected chi connectivity index (χ2v) is 14.4. The second kappa shape index (κ2) is 13.3. The summed E-state index contributed by atoms with van der Waals surface area (Å²) in [6, 6.07) is 35.1. The molecule has 1 heterocycles. The zero-order valence-electron chi connectivity index (χ0n) is 28.8. The first-order chi connectivity index (χ1) is 25.3. The van der Waals surface area contributed by atoms with Gasteiger partial charge in [0.05, 0.1) is 23.4 Å². The lowest BCUT2D eigenvalue weighted by Crippen LogP contribution is -2.39. The SMILES string of the molecule is N#CC1C=CC2=C(C1)C(c1ccccc1)(C1C=CC=CC1)C1=CC(c3nc(-c4ccccc4)c(C4=CCCC=C4)c(-c4ccccc4)n3)CCC12. The van der Waals surface area contributed by atoms with Crippen LogP contribution in [0, 0.1) is 29.1 Å². The normalized spacial score (nSPS) is 26.3. The van der Waals surface area contributed by atoms with Gasteiger partial charge in [-0.05, 0) is 66.7 Å². The molecule has 248 valence electrons. The summed E-state index contributed by atoms with van der Waals surface area (Å²) in [5.74, 6) is 1.38. The van der Waals surface area contributed by atoms with E-state index in [9.17, 15) is 5.26 Å². The van der Waals surface area contributed by atoms with Gasteiger partial charge in [0, 0.05) is 33.9 Å². The molecule has 5 unspecified atom stereocenters. The highest BCUT2D eigenvalue weighted by molar-refractivity contribution is 5.91. The first-order valence-electron chi connectivity index (χ1n) is 18.6. The lowest BCUT2D eigenvalue weighted by molar-refractivity contribution is 0.393. The molecule has 5 atom stereocenters. The molecule has 0 aliphatic heterocycles. The van der Waals surface area contributed by atoms with Gasteiger partial charge in [0.25, 0.3) is 0 Å². The van der Waals surface area contributed by atoms with Gasteiger partial charge in [-0.1, -0.05) is 157 Å². The van der Waals surface area contributed by atoms with Crippen molar-refractivity contribution in [2.75, 3.05) is 0 Å². The van der Waals surface area contributed by atoms with Gasteiger partial charge in [-0.15, -0.1) is 0 Å². The summed E-state index contributed by atoms with van der Waals surface area (Å²) in [6.07, 6.45) is 28.8. The van der Waals surface area contributed by atoms with Crippen molar-refractivity contribution >= 4 is 5.57 Å². The predicted octanol–water partition coefficient (Wildman–Crippen LogP) is 11.4. The van der Waals surface area contributed by atoms with Gasteiger partial charge in [-0.2, -0.15) is 5.26 Å². The van der Waals surface area contributed by atoms with E-state index in [1.54, 1.807) is 0 Å². The molecule has 9 rings (SSSR count). The van der Waals surface area contributed by atoms with Crippen LogP contribution in [0.3, 0.4) is 0 Å². The molecule has 1 aromatic heterocycles. The van der Waals surface area contributed by atoms with Crippen LogP contribution in [0.4, 0.5) is 0 Å². The number of fused-ring (bicyclic) bond motifs is 2. The number of rotatable bonds is 6. The van der Waals surface area contributed by atoms with Gasteiger partial charge in [-0.3, -0.25) is 0 Å². The van der Waals surface area contributed by atoms with Crippen molar-refractivity contribution in [2.45, 2.75) is 49.9 Å². The fourth-order valence-corrected chi connectivity index (χ4v) is 9.48. The average molecular weight is 660 g/mol. The minimum Gasteiger partial charge on any atom is -0.232 e. The van der Waals surface area contributed by atoms with Gasteiger partial charge >= 0.3 is 0 Å². The molecule has 0 saturated heterocycles. The maximum absolute atomic E-state index is 10.2. The molecule has 0 radical (unpaired) electrons. The highest BCUT2D eigenvalue weighted by atomic mass is 14.9. The molecular weight excluding hydrogens is 619 g/mol. The van der Waals surface area contributed by atoms with Crippen LogP contribution in [0.2, 0.25) is 0 Å². The van der Waals surface area contributed by atoms with E-state index in [4.69, 9.17) is 9.97 Å². The Balaban J connectivity index is 1.28. The quantitative estimate of drug-likeness (QED) is 0.194. The number of nitriles is 1. The maximum Gasteiger partial charge on any atom is 0.136 e. The highest BCUT2D eigenvalue weighted by Crippen LogP contribution is 2.63. The Morgan fingerprint density at radius 1 is 0.725 bits per heavy atom. The molecule has 51 heavy (non-hydrogen) atoms. The summed E-state index contributed by atoms with van der Waals surface area (Å²) in [5.41, 5.74) is 11.8. The number of hydrogen-bond acceptors (Lipinski definition) is 3. The number of nitrogens with zero attached hydrogens (tertiary/aromatic N) is 3. The molecule has 3 heteroatoms. The molecule has 4 aromatic rings. The molecule has 5 aliphatic carbocycles. The third-order valence-corrected chi connectivity index (χ3v) is 11.7. The van der Waals surface area contributed by atoms with Crippen LogP contribution in [0.1, 0.15) is 61.4 Å². The van der Waals surface area contributed by atoms with Crippen molar-refractivity contribution in [3.05, 3.63) is 185 Å². The average Bonchev–Trinajstić information content (AvgIpc) is 3.51. The smallest absolute Gasteiger partial charge is 0.136 e. The van der Waals surface area contributed by atoms with Crippen molar-refractivity contribution in [1.82, 2.24) is 9.97 Å². The van der Waals surface area contributed by atoms with Crippen LogP contribution >= 0.6 is 0 Å². The van der Waals surface area contributed by atoms with Crippen molar-refractivity contribution in [3.63, 3.8) is 0 Å². The fourth-order valence-electron chi connectivity index (χ4n) is 9.48. The number of aromatic nitrogens is 2. The Morgan fingerprint density at radius 3 is 2.06 bits per heavy atom. The molecule has 0 bridgehead atoms. The fraction of sp³-hybridized carbons (Fsp3) is 0.229. The number of allylic oxidation sites excluding steroid dienone is 14. The predicted molar refractivity (Wildman–Crippen MR) is 207 cm³/mol. The van der Waals surface area contributed by atoms with E-state index in [1.807, 2.05) is 0 Å². The summed E-state index contributed by atoms with van der Waals surface area (Å²) in [4.78, 5) is 11.1. The minimum atomic E-state index is -0.330. The van der Waals surface area contributed by atoms with E-state index >= 15 is 0 Å². The minimum absolute atomic E-state index is 0.0504. The first-order valence-corrected chi connectivity index (χ1v) is 18.6. The van der Waals surface area contributed by atoms with Crippen molar-refractivity contribution in [3.8, 4) is 28.6 Å². The Labute approximate surface area is 301 Å². The van der Waals surface area contributed by atoms with Crippen LogP contribution < -0.4 is 0 Å². The van der Waals surface area contributed by atoms with Crippen LogP contribution in [0.5, 0.6) is 0 Å². The van der Waals surface area contributed by atoms with Crippen LogP contribution in [0.15, 0.2) is 168 Å². The molecule has 0 amide bonds. The number of benzene rings is 3. The van der Waals surface area contributed by atoms with E-state index in [0.717, 1.165) is 72.4 Å². The molecular formula is C48H41N3. The molecule has 0 fully saturated rings. The van der Waals surface area contributed by atoms with Gasteiger partial charge in [-0.25, -0.2) is 9.97 Å². The van der Waals surface area contributed by atoms with E-state index in [2.05, 4.69) is 158 Å². The molecule has 3 nitrogen and oxygen atoms in total. The third-order valence-electron chi connectivity index (χ3n) is 11.7. The van der Waals surface area contributed by atoms with Gasteiger partial charge in [0.2, 0.25) is 0 Å². The standard InChI is InChI=1S/C48H41N3/c49-32-33-26-28-40-41-29-27-37(31-43(41)48(42(40)30-33,38-22-12-4-13-23-38)39-24-14-5-15-25-39)47-50-45(35-18-8-2-9-19-35)44(34-16-6-1-7-17-34)46(51-47)36-20-10-3-11-21-36/h2-6,8-24,26,28,31,33,37,39,41H,1,7,25,27,29-30H2. The van der Waals surface area contributed by atoms with E-state index < -0.39 is 0 Å².